The summed E-state index contributed by atoms with van der Waals surface area (Å²) in [7, 11) is 0. The minimum Gasteiger partial charge on any atom is -0.364 e. The van der Waals surface area contributed by atoms with Crippen LogP contribution in [0.1, 0.15) is 34.5 Å². The summed E-state index contributed by atoms with van der Waals surface area (Å²) in [5.41, 5.74) is 3.90. The van der Waals surface area contributed by atoms with Crippen molar-refractivity contribution in [3.8, 4) is 11.1 Å². The number of carbonyl (C=O) groups excluding carboxylic acids is 1. The molecule has 1 N–H and O–H groups in total. The number of carbonyl (C=O) groups is 1. The Balaban J connectivity index is 1.21. The lowest BCUT2D eigenvalue weighted by Crippen LogP contribution is -2.38. The lowest BCUT2D eigenvalue weighted by molar-refractivity contribution is 0.0937. The number of amides is 1. The molecule has 9 heteroatoms. The topological polar surface area (TPSA) is 80.4 Å². The fourth-order valence-corrected chi connectivity index (χ4v) is 5.07. The molecule has 0 aliphatic carbocycles. The van der Waals surface area contributed by atoms with Gasteiger partial charge >= 0.3 is 0 Å². The number of halogens is 2. The van der Waals surface area contributed by atoms with E-state index in [0.717, 1.165) is 59.8 Å². The second-order valence-electron chi connectivity index (χ2n) is 10.0. The highest BCUT2D eigenvalue weighted by atomic mass is 19.3. The van der Waals surface area contributed by atoms with Crippen LogP contribution in [0.2, 0.25) is 0 Å². The summed E-state index contributed by atoms with van der Waals surface area (Å²) >= 11 is 0. The molecule has 1 saturated heterocycles. The zero-order valence-electron chi connectivity index (χ0n) is 21.7. The zero-order chi connectivity index (χ0) is 27.4. The van der Waals surface area contributed by atoms with Gasteiger partial charge in [-0.25, -0.2) is 0 Å². The van der Waals surface area contributed by atoms with E-state index in [1.165, 1.54) is 0 Å². The van der Waals surface area contributed by atoms with Gasteiger partial charge in [-0.3, -0.25) is 14.5 Å². The van der Waals surface area contributed by atoms with Gasteiger partial charge in [-0.15, -0.1) is 0 Å². The first kappa shape index (κ1) is 26.5. The quantitative estimate of drug-likeness (QED) is 0.336. The van der Waals surface area contributed by atoms with Crippen LogP contribution in [-0.4, -0.2) is 46.7 Å². The number of pyridine rings is 1. The largest absolute Gasteiger partial charge is 0.364 e. The van der Waals surface area contributed by atoms with Crippen LogP contribution in [0.4, 0.5) is 8.78 Å². The Morgan fingerprint density at radius 2 is 1.97 bits per heavy atom. The number of nitrogens with one attached hydrogen (secondary N) is 1. The molecule has 202 valence electrons. The number of hydrogen-bond acceptors (Lipinski definition) is 5. The monoisotopic (exact) mass is 532 g/mol. The maximum Gasteiger partial charge on any atom is 0.267 e. The minimum atomic E-state index is -1.65. The Morgan fingerprint density at radius 3 is 2.72 bits per heavy atom. The Labute approximate surface area is 224 Å². The van der Waals surface area contributed by atoms with Gasteiger partial charge in [0.2, 0.25) is 0 Å². The average Bonchev–Trinajstić information content (AvgIpc) is 3.38. The predicted octanol–water partition coefficient (Wildman–Crippen LogP) is 5.24. The zero-order valence-corrected chi connectivity index (χ0v) is 21.7. The van der Waals surface area contributed by atoms with Crippen molar-refractivity contribution in [1.82, 2.24) is 19.9 Å². The molecule has 4 aromatic rings. The molecule has 1 aliphatic rings. The number of aryl methyl sites for hydroxylation is 1. The standard InChI is InChI=1S/C30H30F2N4O3/c1-20-27(19-39-34-20)23-5-6-26-24(16-23)9-14-36(30(26)38)18-22-3-2-4-25(15-22)29(37)33-17-21-7-11-35(12-8-21)13-10-28(31)32/h2-6,9-10,14-16,19,21H,7-8,11-13,17-18H2,1H3,(H,33,37). The van der Waals surface area contributed by atoms with E-state index in [-0.39, 0.29) is 18.0 Å². The van der Waals surface area contributed by atoms with Crippen molar-refractivity contribution in [3.63, 3.8) is 0 Å². The van der Waals surface area contributed by atoms with Crippen molar-refractivity contribution >= 4 is 16.7 Å². The molecule has 3 heterocycles. The van der Waals surface area contributed by atoms with Crippen LogP contribution >= 0.6 is 0 Å². The number of likely N-dealkylation sites (tertiary alicyclic amines) is 1. The van der Waals surface area contributed by atoms with Crippen LogP contribution in [-0.2, 0) is 6.54 Å². The van der Waals surface area contributed by atoms with E-state index in [1.807, 2.05) is 54.3 Å². The van der Waals surface area contributed by atoms with E-state index in [9.17, 15) is 18.4 Å². The highest BCUT2D eigenvalue weighted by Crippen LogP contribution is 2.25. The summed E-state index contributed by atoms with van der Waals surface area (Å²) < 4.78 is 31.3. The van der Waals surface area contributed by atoms with E-state index in [2.05, 4.69) is 10.5 Å². The van der Waals surface area contributed by atoms with E-state index in [1.54, 1.807) is 23.1 Å². The number of piperidine rings is 1. The molecule has 0 bridgehead atoms. The van der Waals surface area contributed by atoms with Gasteiger partial charge in [-0.2, -0.15) is 8.78 Å². The van der Waals surface area contributed by atoms with Crippen LogP contribution in [0.25, 0.3) is 21.9 Å². The third-order valence-electron chi connectivity index (χ3n) is 7.34. The number of aromatic nitrogens is 2. The molecule has 0 spiro atoms. The molecule has 2 aromatic carbocycles. The molecule has 0 radical (unpaired) electrons. The molecule has 5 rings (SSSR count). The summed E-state index contributed by atoms with van der Waals surface area (Å²) in [6.45, 7) is 4.50. The van der Waals surface area contributed by atoms with Crippen LogP contribution < -0.4 is 10.9 Å². The molecule has 7 nitrogen and oxygen atoms in total. The van der Waals surface area contributed by atoms with Gasteiger partial charge < -0.3 is 14.4 Å². The summed E-state index contributed by atoms with van der Waals surface area (Å²) in [5.74, 6) is 0.155. The summed E-state index contributed by atoms with van der Waals surface area (Å²) in [5, 5.41) is 8.38. The third-order valence-corrected chi connectivity index (χ3v) is 7.34. The molecule has 39 heavy (non-hydrogen) atoms. The van der Waals surface area contributed by atoms with Crippen molar-refractivity contribution in [2.45, 2.75) is 26.3 Å². The van der Waals surface area contributed by atoms with Gasteiger partial charge in [-0.05, 0) is 91.7 Å². The van der Waals surface area contributed by atoms with Gasteiger partial charge in [-0.1, -0.05) is 23.4 Å². The second kappa shape index (κ2) is 11.7. The Bertz CT molecular complexity index is 1560. The SMILES string of the molecule is Cc1nocc1-c1ccc2c(=O)n(Cc3cccc(C(=O)NCC4CCN(CC=C(F)F)CC4)c3)ccc2c1. The van der Waals surface area contributed by atoms with Crippen molar-refractivity contribution in [2.75, 3.05) is 26.2 Å². The summed E-state index contributed by atoms with van der Waals surface area (Å²) in [4.78, 5) is 28.0. The molecular weight excluding hydrogens is 502 g/mol. The highest BCUT2D eigenvalue weighted by molar-refractivity contribution is 5.94. The van der Waals surface area contributed by atoms with Gasteiger partial charge in [0, 0.05) is 35.8 Å². The highest BCUT2D eigenvalue weighted by Gasteiger charge is 2.19. The number of hydrogen-bond donors (Lipinski definition) is 1. The Kier molecular flexibility index (Phi) is 7.97. The molecule has 0 saturated carbocycles. The Morgan fingerprint density at radius 1 is 1.15 bits per heavy atom. The van der Waals surface area contributed by atoms with Gasteiger partial charge in [0.1, 0.15) is 6.26 Å². The predicted molar refractivity (Wildman–Crippen MR) is 146 cm³/mol. The van der Waals surface area contributed by atoms with Crippen LogP contribution in [0.5, 0.6) is 0 Å². The maximum atomic E-state index is 13.2. The number of rotatable bonds is 8. The Hall–Kier alpha value is -4.11. The number of fused-ring (bicyclic) bond motifs is 1. The number of benzene rings is 2. The maximum absolute atomic E-state index is 13.2. The summed E-state index contributed by atoms with van der Waals surface area (Å²) in [6, 6.07) is 14.9. The van der Waals surface area contributed by atoms with Crippen LogP contribution in [0, 0.1) is 12.8 Å². The first-order chi connectivity index (χ1) is 18.9. The lowest BCUT2D eigenvalue weighted by atomic mass is 9.96. The van der Waals surface area contributed by atoms with E-state index >= 15 is 0 Å². The van der Waals surface area contributed by atoms with Crippen LogP contribution in [0.15, 0.2) is 82.5 Å². The second-order valence-corrected chi connectivity index (χ2v) is 10.0. The van der Waals surface area contributed by atoms with Gasteiger partial charge in [0.15, 0.2) is 0 Å². The molecule has 1 amide bonds. The first-order valence-corrected chi connectivity index (χ1v) is 13.0. The molecule has 2 aromatic heterocycles. The lowest BCUT2D eigenvalue weighted by Gasteiger charge is -2.31. The molecule has 0 unspecified atom stereocenters. The van der Waals surface area contributed by atoms with Crippen molar-refractivity contribution < 1.29 is 18.1 Å². The third kappa shape index (κ3) is 6.31. The fourth-order valence-electron chi connectivity index (χ4n) is 5.07. The first-order valence-electron chi connectivity index (χ1n) is 13.0. The average molecular weight is 533 g/mol. The molecular formula is C30H30F2N4O3. The van der Waals surface area contributed by atoms with Crippen molar-refractivity contribution in [1.29, 1.82) is 0 Å². The molecule has 1 aliphatic heterocycles. The van der Waals surface area contributed by atoms with E-state index < -0.39 is 6.08 Å². The number of nitrogens with zero attached hydrogens (tertiary/aromatic N) is 3. The van der Waals surface area contributed by atoms with Crippen LogP contribution in [0.3, 0.4) is 0 Å². The summed E-state index contributed by atoms with van der Waals surface area (Å²) in [6.07, 6.45) is 4.37. The minimum absolute atomic E-state index is 0.105. The normalized spacial score (nSPS) is 14.4. The molecule has 1 fully saturated rings. The smallest absolute Gasteiger partial charge is 0.267 e. The van der Waals surface area contributed by atoms with E-state index in [0.29, 0.717) is 30.0 Å². The van der Waals surface area contributed by atoms with Gasteiger partial charge in [0.25, 0.3) is 17.5 Å². The van der Waals surface area contributed by atoms with Crippen molar-refractivity contribution in [3.05, 3.63) is 100 Å². The van der Waals surface area contributed by atoms with E-state index in [4.69, 9.17) is 4.52 Å². The molecule has 0 atom stereocenters. The fraction of sp³-hybridized carbons (Fsp3) is 0.300. The van der Waals surface area contributed by atoms with Crippen molar-refractivity contribution in [2.24, 2.45) is 5.92 Å². The van der Waals surface area contributed by atoms with Gasteiger partial charge in [0.05, 0.1) is 12.2 Å².